The van der Waals surface area contributed by atoms with Gasteiger partial charge in [0.25, 0.3) is 0 Å². The van der Waals surface area contributed by atoms with Crippen molar-refractivity contribution in [3.63, 3.8) is 0 Å². The van der Waals surface area contributed by atoms with Crippen molar-refractivity contribution in [2.75, 3.05) is 9.80 Å². The van der Waals surface area contributed by atoms with E-state index in [-0.39, 0.29) is 29.9 Å². The Bertz CT molecular complexity index is 2530. The van der Waals surface area contributed by atoms with Gasteiger partial charge in [0.05, 0.1) is 33.7 Å². The summed E-state index contributed by atoms with van der Waals surface area (Å²) in [5.74, 6) is -4.38. The van der Waals surface area contributed by atoms with Gasteiger partial charge in [-0.1, -0.05) is 66.2 Å². The Balaban J connectivity index is 1.15. The SMILES string of the molecule is C=Cc1ccc(N2C(=O)C3CC=C4C(CC5C(=O)N(c6cc(-c7sc8ccc(Cl)cc8c7C)nn6C)C(=O)C5(C)C4c4cccc(C)c4O)C3C2=O)cc1. The summed E-state index contributed by atoms with van der Waals surface area (Å²) in [6.07, 6.45) is 4.21. The van der Waals surface area contributed by atoms with E-state index in [0.717, 1.165) is 31.7 Å². The van der Waals surface area contributed by atoms with Gasteiger partial charge >= 0.3 is 0 Å². The Hall–Kier alpha value is -5.32. The first-order chi connectivity index (χ1) is 25.8. The highest BCUT2D eigenvalue weighted by atomic mass is 35.5. The van der Waals surface area contributed by atoms with Crippen LogP contribution in [0.1, 0.15) is 47.9 Å². The van der Waals surface area contributed by atoms with Crippen LogP contribution in [0.4, 0.5) is 11.5 Å². The molecule has 6 unspecified atom stereocenters. The van der Waals surface area contributed by atoms with Crippen LogP contribution < -0.4 is 9.80 Å². The smallest absolute Gasteiger partial charge is 0.242 e. The number of aryl methyl sites for hydroxylation is 3. The summed E-state index contributed by atoms with van der Waals surface area (Å²) in [6, 6.07) is 20.1. The number of hydrogen-bond donors (Lipinski definition) is 1. The molecule has 2 saturated heterocycles. The highest BCUT2D eigenvalue weighted by Gasteiger charge is 2.68. The van der Waals surface area contributed by atoms with Gasteiger partial charge in [-0.05, 0) is 91.9 Å². The van der Waals surface area contributed by atoms with Crippen molar-refractivity contribution in [1.29, 1.82) is 0 Å². The van der Waals surface area contributed by atoms with Gasteiger partial charge < -0.3 is 5.11 Å². The van der Waals surface area contributed by atoms with E-state index < -0.39 is 40.9 Å². The second-order valence-electron chi connectivity index (χ2n) is 15.2. The second kappa shape index (κ2) is 12.1. The molecule has 272 valence electrons. The number of phenols is 1. The lowest BCUT2D eigenvalue weighted by atomic mass is 9.51. The first kappa shape index (κ1) is 34.4. The number of fused-ring (bicyclic) bond motifs is 5. The molecule has 6 atom stereocenters. The van der Waals surface area contributed by atoms with Gasteiger partial charge in [0.15, 0.2) is 0 Å². The molecule has 0 radical (unpaired) electrons. The van der Waals surface area contributed by atoms with E-state index in [0.29, 0.717) is 39.8 Å². The van der Waals surface area contributed by atoms with Crippen molar-refractivity contribution in [1.82, 2.24) is 9.78 Å². The molecular weight excluding hydrogens is 720 g/mol. The molecule has 9 nitrogen and oxygen atoms in total. The first-order valence-corrected chi connectivity index (χ1v) is 19.2. The summed E-state index contributed by atoms with van der Waals surface area (Å²) in [5.41, 5.74) is 3.66. The molecular formula is C43H37ClN4O5S. The molecule has 1 saturated carbocycles. The minimum atomic E-state index is -1.31. The molecule has 1 N–H and O–H groups in total. The first-order valence-electron chi connectivity index (χ1n) is 18.0. The lowest BCUT2D eigenvalue weighted by molar-refractivity contribution is -0.131. The number of hydrogen-bond acceptors (Lipinski definition) is 7. The predicted molar refractivity (Wildman–Crippen MR) is 210 cm³/mol. The van der Waals surface area contributed by atoms with Gasteiger partial charge in [-0.25, -0.2) is 4.90 Å². The van der Waals surface area contributed by atoms with Crippen molar-refractivity contribution in [2.24, 2.45) is 36.1 Å². The van der Waals surface area contributed by atoms with Crippen molar-refractivity contribution in [3.8, 4) is 16.3 Å². The van der Waals surface area contributed by atoms with Crippen molar-refractivity contribution < 1.29 is 24.3 Å². The van der Waals surface area contributed by atoms with E-state index in [4.69, 9.17) is 16.7 Å². The Morgan fingerprint density at radius 2 is 1.72 bits per heavy atom. The van der Waals surface area contributed by atoms with E-state index in [2.05, 4.69) is 6.58 Å². The van der Waals surface area contributed by atoms with Gasteiger partial charge in [0.1, 0.15) is 17.3 Å². The van der Waals surface area contributed by atoms with Gasteiger partial charge in [-0.2, -0.15) is 5.10 Å². The van der Waals surface area contributed by atoms with E-state index in [9.17, 15) is 19.5 Å². The number of para-hydroxylation sites is 1. The number of aromatic nitrogens is 2. The van der Waals surface area contributed by atoms with Crippen LogP contribution in [0.3, 0.4) is 0 Å². The number of nitrogens with zero attached hydrogens (tertiary/aromatic N) is 4. The molecule has 2 aromatic heterocycles. The van der Waals surface area contributed by atoms with Gasteiger partial charge in [0, 0.05) is 34.3 Å². The van der Waals surface area contributed by atoms with E-state index >= 15 is 4.79 Å². The summed E-state index contributed by atoms with van der Waals surface area (Å²) in [6.45, 7) is 9.43. The lowest BCUT2D eigenvalue weighted by Gasteiger charge is -2.49. The number of anilines is 2. The standard InChI is InChI=1S/C43H37ClN4O5S/c1-6-23-10-13-25(14-11-23)47-39(50)27-16-15-26-30(35(27)41(47)52)19-31-40(51)48(42(53)43(31,4)36(26)28-9-7-8-21(2)37(28)49)34-20-32(45-46(34)5)38-22(3)29-18-24(44)12-17-33(29)54-38/h6-15,17-18,20,27,30-31,35-36,49H,1,16,19H2,2-5H3. The maximum Gasteiger partial charge on any atom is 0.242 e. The zero-order valence-electron chi connectivity index (χ0n) is 30.2. The fraction of sp³-hybridized carbons (Fsp3) is 0.279. The van der Waals surface area contributed by atoms with Gasteiger partial charge in [0.2, 0.25) is 23.6 Å². The number of halogens is 1. The molecule has 11 heteroatoms. The number of carbonyl (C=O) groups excluding carboxylic acids is 4. The molecule has 4 amide bonds. The maximum absolute atomic E-state index is 15.1. The number of aromatic hydroxyl groups is 1. The van der Waals surface area contributed by atoms with Crippen LogP contribution in [-0.2, 0) is 26.2 Å². The third-order valence-corrected chi connectivity index (χ3v) is 14.0. The van der Waals surface area contributed by atoms with Crippen LogP contribution in [0.2, 0.25) is 5.02 Å². The largest absolute Gasteiger partial charge is 0.507 e. The predicted octanol–water partition coefficient (Wildman–Crippen LogP) is 8.36. The summed E-state index contributed by atoms with van der Waals surface area (Å²) in [7, 11) is 1.72. The van der Waals surface area contributed by atoms with E-state index in [1.165, 1.54) is 9.80 Å². The van der Waals surface area contributed by atoms with E-state index in [1.54, 1.807) is 66.4 Å². The van der Waals surface area contributed by atoms with Crippen LogP contribution >= 0.6 is 22.9 Å². The van der Waals surface area contributed by atoms with E-state index in [1.807, 2.05) is 56.3 Å². The Morgan fingerprint density at radius 1 is 0.963 bits per heavy atom. The topological polar surface area (TPSA) is 113 Å². The summed E-state index contributed by atoms with van der Waals surface area (Å²) >= 11 is 7.89. The number of carbonyl (C=O) groups is 4. The summed E-state index contributed by atoms with van der Waals surface area (Å²) < 4.78 is 2.62. The average molecular weight is 757 g/mol. The van der Waals surface area contributed by atoms with Crippen LogP contribution in [0.5, 0.6) is 5.75 Å². The summed E-state index contributed by atoms with van der Waals surface area (Å²) in [4.78, 5) is 61.9. The van der Waals surface area contributed by atoms with Gasteiger partial charge in [-0.3, -0.25) is 28.8 Å². The maximum atomic E-state index is 15.1. The zero-order valence-corrected chi connectivity index (χ0v) is 31.7. The molecule has 4 aliphatic rings. The fourth-order valence-corrected chi connectivity index (χ4v) is 11.0. The number of rotatable bonds is 5. The van der Waals surface area contributed by atoms with Crippen molar-refractivity contribution in [2.45, 2.75) is 39.5 Å². The molecule has 2 aliphatic carbocycles. The number of amides is 4. The van der Waals surface area contributed by atoms with Crippen molar-refractivity contribution >= 4 is 74.2 Å². The fourth-order valence-electron chi connectivity index (χ4n) is 9.72. The molecule has 9 rings (SSSR count). The van der Waals surface area contributed by atoms with Crippen LogP contribution in [0.15, 0.2) is 85.0 Å². The highest BCUT2D eigenvalue weighted by Crippen LogP contribution is 2.64. The highest BCUT2D eigenvalue weighted by molar-refractivity contribution is 7.22. The number of allylic oxidation sites excluding steroid dienone is 2. The molecule has 0 spiro atoms. The van der Waals surface area contributed by atoms with Gasteiger partial charge in [-0.15, -0.1) is 11.3 Å². The minimum Gasteiger partial charge on any atom is -0.507 e. The second-order valence-corrected chi connectivity index (χ2v) is 16.7. The zero-order chi connectivity index (χ0) is 38.0. The van der Waals surface area contributed by atoms with Crippen LogP contribution in [-0.4, -0.2) is 38.5 Å². The molecule has 3 fully saturated rings. The number of benzene rings is 3. The monoisotopic (exact) mass is 756 g/mol. The molecule has 0 bridgehead atoms. The molecule has 54 heavy (non-hydrogen) atoms. The quantitative estimate of drug-likeness (QED) is 0.143. The normalized spacial score (nSPS) is 26.3. The average Bonchev–Trinajstić information content (AvgIpc) is 3.83. The van der Waals surface area contributed by atoms with Crippen LogP contribution in [0, 0.1) is 42.9 Å². The van der Waals surface area contributed by atoms with Crippen LogP contribution in [0.25, 0.3) is 26.7 Å². The third kappa shape index (κ3) is 4.65. The Morgan fingerprint density at radius 3 is 2.46 bits per heavy atom. The summed E-state index contributed by atoms with van der Waals surface area (Å²) in [5, 5.41) is 18.1. The molecule has 4 heterocycles. The Labute approximate surface area is 321 Å². The molecule has 2 aliphatic heterocycles. The number of imide groups is 2. The Kier molecular flexibility index (Phi) is 7.72. The molecule has 5 aromatic rings. The minimum absolute atomic E-state index is 0.0470. The lowest BCUT2D eigenvalue weighted by Crippen LogP contribution is -2.49. The number of thiophene rings is 1. The number of phenolic OH excluding ortho intramolecular Hbond substituents is 1. The van der Waals surface area contributed by atoms with Crippen molar-refractivity contribution in [3.05, 3.63) is 112 Å². The third-order valence-electron chi connectivity index (χ3n) is 12.5. The molecule has 3 aromatic carbocycles.